The van der Waals surface area contributed by atoms with Crippen molar-refractivity contribution in [2.75, 3.05) is 4.67 Å². The molecule has 1 aromatic carbocycles. The molecule has 0 radical (unpaired) electrons. The van der Waals surface area contributed by atoms with Crippen LogP contribution in [0.2, 0.25) is 0 Å². The number of hydrogen-bond donors (Lipinski definition) is 0. The minimum absolute atomic E-state index is 0.202. The van der Waals surface area contributed by atoms with E-state index < -0.39 is 0 Å². The van der Waals surface area contributed by atoms with Gasteiger partial charge in [-0.3, -0.25) is 0 Å². The molecule has 7 atom stereocenters. The Bertz CT molecular complexity index is 1000. The van der Waals surface area contributed by atoms with E-state index in [4.69, 9.17) is 0 Å². The van der Waals surface area contributed by atoms with Crippen LogP contribution < -0.4 is 4.67 Å². The lowest BCUT2D eigenvalue weighted by molar-refractivity contribution is 0.228. The molecule has 232 valence electrons. The standard InChI is InChI=1S/C40H62NP/c1-5-13-21-34-30-37(24-16-7-1)41-38-25-17-8-2-6-14-22-35(31-38)36-23-15-10-11-19-27-40(32-36)42(41)39-26-18-9-3-4-12-20-33(34)28-29-39/h2,6,8,14,17,22,25,31,33-34,36-37,39-40H,1,3-5,7,9-13,15-16,18-21,23-24,26-30,32H2. The zero-order valence-electron chi connectivity index (χ0n) is 26.9. The Kier molecular flexibility index (Phi) is 12.0. The van der Waals surface area contributed by atoms with Crippen LogP contribution in [0.3, 0.4) is 0 Å². The van der Waals surface area contributed by atoms with Crippen molar-refractivity contribution in [2.45, 2.75) is 177 Å². The van der Waals surface area contributed by atoms with Crippen LogP contribution in [0.1, 0.15) is 166 Å². The second-order valence-corrected chi connectivity index (χ2v) is 17.7. The van der Waals surface area contributed by atoms with Crippen LogP contribution in [0, 0.1) is 11.8 Å². The zero-order valence-corrected chi connectivity index (χ0v) is 27.8. The molecule has 3 saturated carbocycles. The molecule has 4 fully saturated rings. The highest BCUT2D eigenvalue weighted by molar-refractivity contribution is 7.61. The molecule has 0 aromatic heterocycles. The summed E-state index contributed by atoms with van der Waals surface area (Å²) in [5.74, 6) is 2.68. The Morgan fingerprint density at radius 1 is 0.476 bits per heavy atom. The molecule has 1 nitrogen and oxygen atoms in total. The van der Waals surface area contributed by atoms with Gasteiger partial charge in [-0.25, -0.2) is 0 Å². The average molecular weight is 588 g/mol. The lowest BCUT2D eigenvalue weighted by Gasteiger charge is -2.49. The van der Waals surface area contributed by atoms with E-state index in [1.165, 1.54) is 148 Å². The third-order valence-corrected chi connectivity index (χ3v) is 15.7. The smallest absolute Gasteiger partial charge is 0.0404 e. The molecule has 2 heterocycles. The topological polar surface area (TPSA) is 3.24 Å². The van der Waals surface area contributed by atoms with Crippen molar-refractivity contribution in [2.24, 2.45) is 11.8 Å². The van der Waals surface area contributed by atoms with Crippen LogP contribution in [0.15, 0.2) is 48.5 Å². The lowest BCUT2D eigenvalue weighted by Crippen LogP contribution is -2.39. The largest absolute Gasteiger partial charge is 0.347 e. The van der Waals surface area contributed by atoms with E-state index in [-0.39, 0.29) is 8.07 Å². The number of fused-ring (bicyclic) bond motifs is 16. The van der Waals surface area contributed by atoms with E-state index in [2.05, 4.69) is 53.2 Å². The highest BCUT2D eigenvalue weighted by atomic mass is 31.1. The summed E-state index contributed by atoms with van der Waals surface area (Å²) in [4.78, 5) is 0. The van der Waals surface area contributed by atoms with Gasteiger partial charge in [-0.15, -0.1) is 0 Å². The first-order valence-electron chi connectivity index (χ1n) is 18.9. The molecular formula is C40H62NP. The highest BCUT2D eigenvalue weighted by Crippen LogP contribution is 2.62. The van der Waals surface area contributed by atoms with Crippen molar-refractivity contribution in [3.63, 3.8) is 0 Å². The van der Waals surface area contributed by atoms with Gasteiger partial charge in [-0.1, -0.05) is 139 Å². The van der Waals surface area contributed by atoms with E-state index >= 15 is 0 Å². The van der Waals surface area contributed by atoms with Crippen molar-refractivity contribution >= 4 is 13.8 Å². The first kappa shape index (κ1) is 30.9. The van der Waals surface area contributed by atoms with E-state index in [1.807, 2.05) is 0 Å². The van der Waals surface area contributed by atoms with Crippen molar-refractivity contribution in [1.29, 1.82) is 0 Å². The summed E-state index contributed by atoms with van der Waals surface area (Å²) in [6.07, 6.45) is 35.5. The third kappa shape index (κ3) is 8.14. The Hall–Kier alpha value is -1.07. The minimum atomic E-state index is -0.202. The summed E-state index contributed by atoms with van der Waals surface area (Å²) in [5, 5.41) is 0. The quantitative estimate of drug-likeness (QED) is 0.273. The van der Waals surface area contributed by atoms with Gasteiger partial charge < -0.3 is 4.67 Å². The second kappa shape index (κ2) is 16.3. The van der Waals surface area contributed by atoms with Gasteiger partial charge in [0.1, 0.15) is 0 Å². The van der Waals surface area contributed by atoms with Crippen LogP contribution in [-0.2, 0) is 0 Å². The Morgan fingerprint density at radius 3 is 1.86 bits per heavy atom. The van der Waals surface area contributed by atoms with E-state index in [1.54, 1.807) is 17.7 Å². The van der Waals surface area contributed by atoms with E-state index in [0.29, 0.717) is 0 Å². The molecule has 0 spiro atoms. The average Bonchev–Trinajstić information content (AvgIpc) is 3.12. The van der Waals surface area contributed by atoms with Gasteiger partial charge >= 0.3 is 0 Å². The number of nitrogens with zero attached hydrogens (tertiary/aromatic N) is 1. The molecule has 8 bridgehead atoms. The Balaban J connectivity index is 1.53. The van der Waals surface area contributed by atoms with Gasteiger partial charge in [0, 0.05) is 11.7 Å². The first-order valence-corrected chi connectivity index (χ1v) is 20.3. The first-order chi connectivity index (χ1) is 20.9. The van der Waals surface area contributed by atoms with E-state index in [9.17, 15) is 0 Å². The maximum Gasteiger partial charge on any atom is 0.0404 e. The van der Waals surface area contributed by atoms with Crippen LogP contribution in [0.5, 0.6) is 0 Å². The van der Waals surface area contributed by atoms with Crippen molar-refractivity contribution < 1.29 is 0 Å². The summed E-state index contributed by atoms with van der Waals surface area (Å²) < 4.78 is 3.25. The molecule has 0 amide bonds. The maximum atomic E-state index is 3.25. The third-order valence-electron chi connectivity index (χ3n) is 12.1. The maximum absolute atomic E-state index is 3.25. The molecule has 1 saturated heterocycles. The summed E-state index contributed by atoms with van der Waals surface area (Å²) >= 11 is 0. The molecule has 3 aliphatic carbocycles. The van der Waals surface area contributed by atoms with Crippen molar-refractivity contribution in [3.8, 4) is 0 Å². The van der Waals surface area contributed by atoms with Gasteiger partial charge in [0.25, 0.3) is 0 Å². The molecule has 0 N–H and O–H groups in total. The summed E-state index contributed by atoms with van der Waals surface area (Å²) in [6, 6.07) is 20.1. The molecule has 42 heavy (non-hydrogen) atoms. The molecule has 7 unspecified atom stereocenters. The summed E-state index contributed by atoms with van der Waals surface area (Å²) in [6.45, 7) is 0. The molecule has 5 aliphatic rings. The van der Waals surface area contributed by atoms with Crippen LogP contribution >= 0.6 is 8.07 Å². The molecule has 2 aliphatic heterocycles. The minimum Gasteiger partial charge on any atom is -0.347 e. The van der Waals surface area contributed by atoms with Gasteiger partial charge in [0.15, 0.2) is 0 Å². The Morgan fingerprint density at radius 2 is 1.07 bits per heavy atom. The molecule has 2 heteroatoms. The molecular weight excluding hydrogens is 525 g/mol. The predicted molar refractivity (Wildman–Crippen MR) is 185 cm³/mol. The van der Waals surface area contributed by atoms with Gasteiger partial charge in [0.05, 0.1) is 0 Å². The number of hydrogen-bond acceptors (Lipinski definition) is 1. The zero-order chi connectivity index (χ0) is 28.4. The van der Waals surface area contributed by atoms with Crippen LogP contribution in [0.25, 0.3) is 0 Å². The fourth-order valence-electron chi connectivity index (χ4n) is 9.89. The van der Waals surface area contributed by atoms with Gasteiger partial charge in [-0.05, 0) is 106 Å². The number of rotatable bonds is 0. The van der Waals surface area contributed by atoms with Crippen LogP contribution in [-0.4, -0.2) is 17.4 Å². The fraction of sp³-hybridized carbons (Fsp3) is 0.750. The monoisotopic (exact) mass is 587 g/mol. The number of anilines is 1. The Labute approximate surface area is 261 Å². The van der Waals surface area contributed by atoms with Crippen LogP contribution in [0.4, 0.5) is 5.69 Å². The molecule has 1 aromatic rings. The predicted octanol–water partition coefficient (Wildman–Crippen LogP) is 12.9. The summed E-state index contributed by atoms with van der Waals surface area (Å²) in [5.41, 5.74) is 5.09. The van der Waals surface area contributed by atoms with Gasteiger partial charge in [-0.2, -0.15) is 0 Å². The highest BCUT2D eigenvalue weighted by Gasteiger charge is 2.42. The fourth-order valence-corrected chi connectivity index (χ4v) is 13.9. The van der Waals surface area contributed by atoms with Crippen molar-refractivity contribution in [3.05, 3.63) is 54.1 Å². The normalized spacial score (nSPS) is 35.0. The summed E-state index contributed by atoms with van der Waals surface area (Å²) in [7, 11) is -0.202. The van der Waals surface area contributed by atoms with Crippen molar-refractivity contribution in [1.82, 2.24) is 0 Å². The lowest BCUT2D eigenvalue weighted by atomic mass is 9.76. The van der Waals surface area contributed by atoms with Gasteiger partial charge in [0.2, 0.25) is 0 Å². The molecule has 6 rings (SSSR count). The second-order valence-electron chi connectivity index (χ2n) is 15.0. The SMILES string of the molecule is c1cccc2cc(ccc1)N1C3CCCCCCCC(C3)C3CCCCCCCC(CC3)P1C1CCCCCCC2C1. The van der Waals surface area contributed by atoms with E-state index in [0.717, 1.165) is 35.1 Å².